The summed E-state index contributed by atoms with van der Waals surface area (Å²) in [6.45, 7) is 5.99. The number of morpholine rings is 1. The third-order valence-corrected chi connectivity index (χ3v) is 6.74. The van der Waals surface area contributed by atoms with E-state index in [0.717, 1.165) is 32.8 Å². The Labute approximate surface area is 189 Å². The zero-order valence-electron chi connectivity index (χ0n) is 17.7. The van der Waals surface area contributed by atoms with E-state index in [-0.39, 0.29) is 18.1 Å². The average molecular weight is 484 g/mol. The van der Waals surface area contributed by atoms with Crippen molar-refractivity contribution >= 4 is 49.6 Å². The van der Waals surface area contributed by atoms with Gasteiger partial charge < -0.3 is 19.9 Å². The molecule has 2 atom stereocenters. The highest BCUT2D eigenvalue weighted by Gasteiger charge is 2.29. The predicted molar refractivity (Wildman–Crippen MR) is 124 cm³/mol. The van der Waals surface area contributed by atoms with Crippen molar-refractivity contribution in [1.29, 1.82) is 0 Å². The molecule has 2 N–H and O–H groups in total. The van der Waals surface area contributed by atoms with Crippen molar-refractivity contribution in [3.8, 4) is 0 Å². The molecule has 6 nitrogen and oxygen atoms in total. The molecule has 2 heterocycles. The number of hydrogen-bond acceptors (Lipinski definition) is 3. The number of nitrogens with zero attached hydrogens (tertiary/aromatic N) is 2. The van der Waals surface area contributed by atoms with Gasteiger partial charge in [-0.25, -0.2) is 0 Å². The summed E-state index contributed by atoms with van der Waals surface area (Å²) in [7, 11) is 0. The fourth-order valence-corrected chi connectivity index (χ4v) is 5.25. The smallest absolute Gasteiger partial charge is 0.254 e. The second-order valence-electron chi connectivity index (χ2n) is 8.97. The Morgan fingerprint density at radius 3 is 2.45 bits per heavy atom. The molecular weight excluding hydrogens is 458 g/mol. The maximum absolute atomic E-state index is 13.3. The van der Waals surface area contributed by atoms with Crippen molar-refractivity contribution in [1.82, 2.24) is 9.47 Å². The number of amides is 2. The Hall–Kier alpha value is -2.38. The maximum atomic E-state index is 13.3. The molecule has 31 heavy (non-hydrogen) atoms. The number of benzene rings is 2. The number of rotatable bonds is 4. The van der Waals surface area contributed by atoms with Gasteiger partial charge in [0.1, 0.15) is 0 Å². The second kappa shape index (κ2) is 7.64. The Balaban J connectivity index is 1.67. The summed E-state index contributed by atoms with van der Waals surface area (Å²) in [4.78, 5) is 27.4. The number of carbonyl (C=O) groups excluding carboxylic acids is 2. The number of primary amides is 1. The molecule has 1 aromatic heterocycles. The molecule has 1 saturated heterocycles. The quantitative estimate of drug-likeness (QED) is 0.600. The van der Waals surface area contributed by atoms with Gasteiger partial charge in [-0.3, -0.25) is 9.59 Å². The first-order chi connectivity index (χ1) is 14.8. The minimum atomic E-state index is -0.446. The molecule has 7 heteroatoms. The van der Waals surface area contributed by atoms with Gasteiger partial charge >= 0.3 is 0 Å². The monoisotopic (exact) mass is 483 g/mol. The molecule has 0 radical (unpaired) electrons. The van der Waals surface area contributed by atoms with Gasteiger partial charge in [0, 0.05) is 46.0 Å². The molecule has 1 aliphatic carbocycles. The summed E-state index contributed by atoms with van der Waals surface area (Å²) in [6.07, 6.45) is 2.42. The van der Waals surface area contributed by atoms with E-state index in [2.05, 4.69) is 20.5 Å². The molecule has 0 spiro atoms. The highest BCUT2D eigenvalue weighted by atomic mass is 79.9. The van der Waals surface area contributed by atoms with Crippen LogP contribution in [-0.2, 0) is 11.3 Å². The van der Waals surface area contributed by atoms with Crippen LogP contribution in [0.4, 0.5) is 0 Å². The number of ether oxygens (including phenoxy) is 1. The van der Waals surface area contributed by atoms with E-state index < -0.39 is 5.91 Å². The predicted octanol–water partition coefficient (Wildman–Crippen LogP) is 4.32. The molecule has 3 aromatic rings. The number of aromatic nitrogens is 1. The van der Waals surface area contributed by atoms with Gasteiger partial charge in [-0.1, -0.05) is 22.0 Å². The topological polar surface area (TPSA) is 77.6 Å². The van der Waals surface area contributed by atoms with Crippen LogP contribution in [0.25, 0.3) is 21.8 Å². The Kier molecular flexibility index (Phi) is 5.06. The van der Waals surface area contributed by atoms with Crippen LogP contribution in [-0.4, -0.2) is 46.6 Å². The fourth-order valence-electron chi connectivity index (χ4n) is 4.79. The van der Waals surface area contributed by atoms with Gasteiger partial charge in [0.25, 0.3) is 11.8 Å². The normalized spacial score (nSPS) is 21.7. The van der Waals surface area contributed by atoms with Crippen molar-refractivity contribution in [3.05, 3.63) is 45.9 Å². The van der Waals surface area contributed by atoms with E-state index in [1.165, 1.54) is 12.8 Å². The molecule has 2 aliphatic rings. The van der Waals surface area contributed by atoms with Crippen molar-refractivity contribution < 1.29 is 14.3 Å². The van der Waals surface area contributed by atoms with E-state index >= 15 is 0 Å². The molecule has 1 aliphatic heterocycles. The van der Waals surface area contributed by atoms with Gasteiger partial charge in [-0.05, 0) is 56.9 Å². The van der Waals surface area contributed by atoms with E-state index in [1.807, 2.05) is 43.0 Å². The lowest BCUT2D eigenvalue weighted by molar-refractivity contribution is -0.0586. The Morgan fingerprint density at radius 2 is 1.81 bits per heavy atom. The first-order valence-corrected chi connectivity index (χ1v) is 11.6. The molecular formula is C24H26BrN3O3. The van der Waals surface area contributed by atoms with Crippen LogP contribution in [0.2, 0.25) is 0 Å². The SMILES string of the molecule is CC1CN(C(=O)c2ccc3c4cc(Br)cc(C(N)=O)c4n(CC4CC4)c3c2)CC(C)O1. The van der Waals surface area contributed by atoms with Crippen molar-refractivity contribution in [2.45, 2.75) is 45.4 Å². The number of fused-ring (bicyclic) bond motifs is 3. The van der Waals surface area contributed by atoms with Crippen molar-refractivity contribution in [2.24, 2.45) is 11.7 Å². The minimum absolute atomic E-state index is 0.0171. The van der Waals surface area contributed by atoms with Crippen LogP contribution in [0.15, 0.2) is 34.8 Å². The number of nitrogens with two attached hydrogens (primary N) is 1. The molecule has 2 amide bonds. The van der Waals surface area contributed by atoms with E-state index in [4.69, 9.17) is 10.5 Å². The molecule has 2 fully saturated rings. The van der Waals surface area contributed by atoms with E-state index in [9.17, 15) is 9.59 Å². The fraction of sp³-hybridized carbons (Fsp3) is 0.417. The largest absolute Gasteiger partial charge is 0.372 e. The number of halogens is 1. The summed E-state index contributed by atoms with van der Waals surface area (Å²) >= 11 is 3.52. The summed E-state index contributed by atoms with van der Waals surface area (Å²) in [5, 5.41) is 2.01. The average Bonchev–Trinajstić information content (AvgIpc) is 3.49. The number of hydrogen-bond donors (Lipinski definition) is 1. The van der Waals surface area contributed by atoms with Crippen LogP contribution >= 0.6 is 15.9 Å². The van der Waals surface area contributed by atoms with E-state index in [0.29, 0.717) is 30.1 Å². The first-order valence-electron chi connectivity index (χ1n) is 10.8. The molecule has 1 saturated carbocycles. The molecule has 162 valence electrons. The number of carbonyl (C=O) groups is 2. The summed E-state index contributed by atoms with van der Waals surface area (Å²) in [5.41, 5.74) is 8.74. The molecule has 5 rings (SSSR count). The van der Waals surface area contributed by atoms with Crippen LogP contribution < -0.4 is 5.73 Å². The molecule has 0 bridgehead atoms. The zero-order valence-corrected chi connectivity index (χ0v) is 19.3. The highest BCUT2D eigenvalue weighted by Crippen LogP contribution is 2.38. The lowest BCUT2D eigenvalue weighted by Crippen LogP contribution is -2.48. The third-order valence-electron chi connectivity index (χ3n) is 6.28. The Morgan fingerprint density at radius 1 is 1.10 bits per heavy atom. The third kappa shape index (κ3) is 3.74. The van der Waals surface area contributed by atoms with Gasteiger partial charge in [0.15, 0.2) is 0 Å². The Bertz CT molecular complexity index is 1200. The van der Waals surface area contributed by atoms with Crippen LogP contribution in [0.5, 0.6) is 0 Å². The first kappa shape index (κ1) is 20.5. The molecule has 2 unspecified atom stereocenters. The van der Waals surface area contributed by atoms with Gasteiger partial charge in [0.2, 0.25) is 0 Å². The van der Waals surface area contributed by atoms with Gasteiger partial charge in [-0.15, -0.1) is 0 Å². The highest BCUT2D eigenvalue weighted by molar-refractivity contribution is 9.10. The standard InChI is InChI=1S/C24H26BrN3O3/c1-13-10-27(11-14(2)31-13)24(30)16-5-6-18-19-8-17(25)9-20(23(26)29)22(19)28(21(18)7-16)12-15-3-4-15/h5-9,13-15H,3-4,10-12H2,1-2H3,(H2,26,29). The molecule has 2 aromatic carbocycles. The lowest BCUT2D eigenvalue weighted by atomic mass is 10.1. The summed E-state index contributed by atoms with van der Waals surface area (Å²) < 4.78 is 8.79. The maximum Gasteiger partial charge on any atom is 0.254 e. The van der Waals surface area contributed by atoms with Crippen molar-refractivity contribution in [3.63, 3.8) is 0 Å². The minimum Gasteiger partial charge on any atom is -0.372 e. The van der Waals surface area contributed by atoms with Gasteiger partial charge in [0.05, 0.1) is 23.3 Å². The lowest BCUT2D eigenvalue weighted by Gasteiger charge is -2.35. The van der Waals surface area contributed by atoms with Crippen LogP contribution in [0.1, 0.15) is 47.4 Å². The summed E-state index contributed by atoms with van der Waals surface area (Å²) in [5.74, 6) is 0.172. The second-order valence-corrected chi connectivity index (χ2v) is 9.88. The van der Waals surface area contributed by atoms with Crippen LogP contribution in [0.3, 0.4) is 0 Å². The zero-order chi connectivity index (χ0) is 21.9. The summed E-state index contributed by atoms with van der Waals surface area (Å²) in [6, 6.07) is 9.68. The van der Waals surface area contributed by atoms with Gasteiger partial charge in [-0.2, -0.15) is 0 Å². The van der Waals surface area contributed by atoms with E-state index in [1.54, 1.807) is 6.07 Å². The van der Waals surface area contributed by atoms with Crippen LogP contribution in [0, 0.1) is 5.92 Å². The van der Waals surface area contributed by atoms with Crippen molar-refractivity contribution in [2.75, 3.05) is 13.1 Å².